The third-order valence-corrected chi connectivity index (χ3v) is 7.67. The summed E-state index contributed by atoms with van der Waals surface area (Å²) in [6, 6.07) is -0.985. The Morgan fingerprint density at radius 2 is 1.92 bits per heavy atom. The molecule has 1 aromatic carbocycles. The lowest BCUT2D eigenvalue weighted by Gasteiger charge is -2.42. The minimum atomic E-state index is -4.80. The van der Waals surface area contributed by atoms with Gasteiger partial charge in [-0.25, -0.2) is 19.1 Å². The van der Waals surface area contributed by atoms with Crippen molar-refractivity contribution in [2.75, 3.05) is 5.75 Å². The number of nitrogens with zero attached hydrogens (tertiary/aromatic N) is 4. The van der Waals surface area contributed by atoms with Gasteiger partial charge in [-0.2, -0.15) is 8.42 Å². The van der Waals surface area contributed by atoms with E-state index in [0.29, 0.717) is 0 Å². The molecule has 19 heteroatoms. The molecule has 1 aromatic heterocycles. The maximum absolute atomic E-state index is 13.0. The highest BCUT2D eigenvalue weighted by atomic mass is 32.2. The van der Waals surface area contributed by atoms with Gasteiger partial charge in [-0.1, -0.05) is 5.16 Å². The van der Waals surface area contributed by atoms with Crippen LogP contribution in [0.1, 0.15) is 23.1 Å². The number of nitrogens with one attached hydrogen (secondary N) is 2. The molecule has 0 bridgehead atoms. The van der Waals surface area contributed by atoms with Gasteiger partial charge in [0.2, 0.25) is 0 Å². The summed E-state index contributed by atoms with van der Waals surface area (Å²) in [7, 11) is -4.80. The zero-order valence-corrected chi connectivity index (χ0v) is 20.9. The van der Waals surface area contributed by atoms with Crippen LogP contribution < -0.4 is 16.4 Å². The first kappa shape index (κ1) is 27.3. The number of aromatic nitrogens is 2. The molecule has 8 N–H and O–H groups in total. The van der Waals surface area contributed by atoms with Gasteiger partial charge in [0, 0.05) is 17.9 Å². The van der Waals surface area contributed by atoms with E-state index in [1.54, 1.807) is 0 Å². The first-order chi connectivity index (χ1) is 17.8. The lowest BCUT2D eigenvalue weighted by Crippen LogP contribution is -2.71. The van der Waals surface area contributed by atoms with Crippen LogP contribution in [-0.2, 0) is 31.3 Å². The molecule has 0 saturated carbocycles. The van der Waals surface area contributed by atoms with E-state index < -0.39 is 75.5 Å². The SMILES string of the molecule is C[C@@H]1[C@H](NC(=O)/C(=N\OCc2nc3cc(O)c(O)cc3nc2C(=O)O)C2CSC(N)N2)C(=O)N1S(=O)(=O)O. The van der Waals surface area contributed by atoms with E-state index in [4.69, 9.17) is 15.1 Å². The number of phenols is 2. The minimum absolute atomic E-state index is 0.00981. The number of benzene rings is 1. The monoisotopic (exact) mass is 571 g/mol. The Morgan fingerprint density at radius 1 is 1.29 bits per heavy atom. The summed E-state index contributed by atoms with van der Waals surface area (Å²) in [5, 5.41) is 37.9. The molecule has 4 atom stereocenters. The second kappa shape index (κ2) is 10.2. The molecule has 3 heterocycles. The van der Waals surface area contributed by atoms with E-state index in [1.165, 1.54) is 18.7 Å². The second-order valence-corrected chi connectivity index (χ2v) is 10.6. The Balaban J connectivity index is 1.57. The van der Waals surface area contributed by atoms with E-state index >= 15 is 0 Å². The number of carboxylic acids is 1. The lowest BCUT2D eigenvalue weighted by atomic mass is 10.0. The van der Waals surface area contributed by atoms with E-state index in [-0.39, 0.29) is 32.5 Å². The standard InChI is InChI=1S/C19H21N7O10S2/c1-6-13(17(30)26(6)38(33,34)35)24-16(29)14(10-5-37-19(20)23-10)25-36-4-9-15(18(31)32)22-8-3-12(28)11(27)2-7(8)21-9/h2-3,6,10,13,19,23,27-28H,4-5,20H2,1H3,(H,24,29)(H,31,32)(H,33,34,35)/b25-14-/t6-,10?,13+,19?/m1/s1. The molecular formula is C19H21N7O10S2. The molecule has 0 radical (unpaired) electrons. The van der Waals surface area contributed by atoms with Crippen molar-refractivity contribution in [3.63, 3.8) is 0 Å². The van der Waals surface area contributed by atoms with Crippen LogP contribution in [0, 0.1) is 0 Å². The van der Waals surface area contributed by atoms with Gasteiger partial charge in [0.15, 0.2) is 29.5 Å². The van der Waals surface area contributed by atoms with E-state index in [0.717, 1.165) is 12.1 Å². The van der Waals surface area contributed by atoms with Crippen molar-refractivity contribution in [3.8, 4) is 11.5 Å². The van der Waals surface area contributed by atoms with Crippen molar-refractivity contribution in [3.05, 3.63) is 23.5 Å². The van der Waals surface area contributed by atoms with Gasteiger partial charge < -0.3 is 31.2 Å². The van der Waals surface area contributed by atoms with Crippen LogP contribution >= 0.6 is 11.8 Å². The average Bonchev–Trinajstić information content (AvgIpc) is 3.25. The number of aromatic carboxylic acids is 1. The largest absolute Gasteiger partial charge is 0.504 e. The fraction of sp³-hybridized carbons (Fsp3) is 0.368. The van der Waals surface area contributed by atoms with E-state index in [9.17, 15) is 38.1 Å². The molecule has 204 valence electrons. The molecular weight excluding hydrogens is 550 g/mol. The summed E-state index contributed by atoms with van der Waals surface area (Å²) in [6.07, 6.45) is 0. The molecule has 2 aromatic rings. The molecule has 38 heavy (non-hydrogen) atoms. The Bertz CT molecular complexity index is 1470. The van der Waals surface area contributed by atoms with Crippen molar-refractivity contribution in [2.24, 2.45) is 10.9 Å². The number of oxime groups is 1. The van der Waals surface area contributed by atoms with Crippen molar-refractivity contribution < 1.29 is 47.5 Å². The Kier molecular flexibility index (Phi) is 7.30. The summed E-state index contributed by atoms with van der Waals surface area (Å²) < 4.78 is 32.0. The first-order valence-electron chi connectivity index (χ1n) is 10.7. The van der Waals surface area contributed by atoms with Crippen LogP contribution in [0.3, 0.4) is 0 Å². The maximum atomic E-state index is 13.0. The number of thioether (sulfide) groups is 1. The van der Waals surface area contributed by atoms with Crippen molar-refractivity contribution >= 4 is 56.6 Å². The number of β-lactam (4-membered cyclic amide) rings is 1. The molecule has 17 nitrogen and oxygen atoms in total. The van der Waals surface area contributed by atoms with Crippen molar-refractivity contribution in [1.82, 2.24) is 24.9 Å². The number of amides is 2. The number of fused-ring (bicyclic) bond motifs is 1. The predicted octanol–water partition coefficient (Wildman–Crippen LogP) is -1.92. The van der Waals surface area contributed by atoms with E-state index in [1.807, 2.05) is 0 Å². The summed E-state index contributed by atoms with van der Waals surface area (Å²) >= 11 is 1.25. The molecule has 2 aliphatic rings. The number of aromatic hydroxyl groups is 2. The van der Waals surface area contributed by atoms with Gasteiger partial charge in [-0.05, 0) is 6.92 Å². The molecule has 0 aliphatic carbocycles. The summed E-state index contributed by atoms with van der Waals surface area (Å²) in [5.74, 6) is -4.17. The van der Waals surface area contributed by atoms with Crippen LogP contribution in [0.2, 0.25) is 0 Å². The molecule has 2 aliphatic heterocycles. The third kappa shape index (κ3) is 5.27. The fourth-order valence-electron chi connectivity index (χ4n) is 3.79. The van der Waals surface area contributed by atoms with Gasteiger partial charge in [0.1, 0.15) is 17.2 Å². The van der Waals surface area contributed by atoms with Crippen LogP contribution in [0.25, 0.3) is 11.0 Å². The summed E-state index contributed by atoms with van der Waals surface area (Å²) in [6.45, 7) is 0.723. The van der Waals surface area contributed by atoms with Crippen LogP contribution in [-0.4, -0.2) is 95.4 Å². The van der Waals surface area contributed by atoms with Crippen LogP contribution in [0.5, 0.6) is 11.5 Å². The smallest absolute Gasteiger partial charge is 0.362 e. The van der Waals surface area contributed by atoms with Crippen LogP contribution in [0.4, 0.5) is 0 Å². The second-order valence-electron chi connectivity index (χ2n) is 8.18. The number of hydrogen-bond acceptors (Lipinski definition) is 14. The summed E-state index contributed by atoms with van der Waals surface area (Å²) in [5.41, 5.74) is 4.28. The highest BCUT2D eigenvalue weighted by Gasteiger charge is 2.52. The Labute approximate surface area is 217 Å². The quantitative estimate of drug-likeness (QED) is 0.0598. The Morgan fingerprint density at radius 3 is 2.45 bits per heavy atom. The summed E-state index contributed by atoms with van der Waals surface area (Å²) in [4.78, 5) is 50.1. The number of carbonyl (C=O) groups is 3. The average molecular weight is 572 g/mol. The number of nitrogens with two attached hydrogens (primary N) is 1. The number of phenolic OH excluding ortho intramolecular Hbond substituents is 2. The molecule has 2 amide bonds. The molecule has 2 saturated heterocycles. The molecule has 2 fully saturated rings. The van der Waals surface area contributed by atoms with Crippen LogP contribution in [0.15, 0.2) is 17.3 Å². The maximum Gasteiger partial charge on any atom is 0.362 e. The van der Waals surface area contributed by atoms with Crippen molar-refractivity contribution in [1.29, 1.82) is 0 Å². The van der Waals surface area contributed by atoms with E-state index in [2.05, 4.69) is 25.8 Å². The lowest BCUT2D eigenvalue weighted by molar-refractivity contribution is -0.144. The van der Waals surface area contributed by atoms with Gasteiger partial charge in [-0.15, -0.1) is 11.8 Å². The third-order valence-electron chi connectivity index (χ3n) is 5.64. The fourth-order valence-corrected chi connectivity index (χ4v) is 5.58. The number of rotatable bonds is 8. The molecule has 2 unspecified atom stereocenters. The normalized spacial score (nSPS) is 23.8. The van der Waals surface area contributed by atoms with Gasteiger partial charge in [-0.3, -0.25) is 19.5 Å². The molecule has 0 spiro atoms. The number of hydrogen-bond donors (Lipinski definition) is 7. The molecule has 4 rings (SSSR count). The number of carbonyl (C=O) groups excluding carboxylic acids is 2. The van der Waals surface area contributed by atoms with Gasteiger partial charge in [0.05, 0.1) is 23.1 Å². The zero-order valence-electron chi connectivity index (χ0n) is 19.3. The van der Waals surface area contributed by atoms with Crippen molar-refractivity contribution in [2.45, 2.75) is 37.2 Å². The highest BCUT2D eigenvalue weighted by molar-refractivity contribution is 8.00. The first-order valence-corrected chi connectivity index (χ1v) is 13.1. The van der Waals surface area contributed by atoms with Gasteiger partial charge in [0.25, 0.3) is 11.8 Å². The minimum Gasteiger partial charge on any atom is -0.504 e. The van der Waals surface area contributed by atoms with Gasteiger partial charge >= 0.3 is 16.3 Å². The Hall–Kier alpha value is -3.78. The number of carboxylic acid groups (broad SMARTS) is 1. The highest BCUT2D eigenvalue weighted by Crippen LogP contribution is 2.29. The zero-order chi connectivity index (χ0) is 27.9. The topological polar surface area (TPSA) is 267 Å². The predicted molar refractivity (Wildman–Crippen MR) is 129 cm³/mol.